The molecule has 0 amide bonds. The molecular weight excluding hydrogens is 1040 g/mol. The lowest BCUT2D eigenvalue weighted by molar-refractivity contribution is 0.234. The van der Waals surface area contributed by atoms with Crippen molar-refractivity contribution in [3.05, 3.63) is 85.2 Å². The van der Waals surface area contributed by atoms with Crippen LogP contribution < -0.4 is 28.4 Å². The summed E-state index contributed by atoms with van der Waals surface area (Å²) in [6.45, 7) is 17.5. The molecule has 84 heavy (non-hydrogen) atoms. The number of ether oxygens (including phenoxy) is 6. The van der Waals surface area contributed by atoms with Crippen molar-refractivity contribution in [3.63, 3.8) is 0 Å². The SMILES string of the molecule is CCCCCCCCOc1cc(-c2ccc(-c3cccc(-c4ccc(-c5cc(OCCCCCCCC)c(OCCCCCCCC)c(OCCCCCCCC)c5)cn4)c3)nc2)cc(OCCCCCCCC)c1OCCCCCCCC. The Morgan fingerprint density at radius 2 is 0.488 bits per heavy atom. The van der Waals surface area contributed by atoms with E-state index < -0.39 is 0 Å². The van der Waals surface area contributed by atoms with Crippen LogP contribution in [0.4, 0.5) is 0 Å². The molecule has 0 aliphatic heterocycles. The average molecular weight is 1150 g/mol. The van der Waals surface area contributed by atoms with Gasteiger partial charge in [0.25, 0.3) is 0 Å². The van der Waals surface area contributed by atoms with E-state index in [0.29, 0.717) is 39.6 Å². The third-order valence-corrected chi connectivity index (χ3v) is 16.2. The van der Waals surface area contributed by atoms with Crippen molar-refractivity contribution >= 4 is 0 Å². The number of hydrogen-bond donors (Lipinski definition) is 0. The number of hydrogen-bond acceptors (Lipinski definition) is 8. The lowest BCUT2D eigenvalue weighted by Gasteiger charge is -2.19. The summed E-state index contributed by atoms with van der Waals surface area (Å²) in [5.74, 6) is 4.53. The second kappa shape index (κ2) is 45.1. The van der Waals surface area contributed by atoms with Crippen LogP contribution in [0.5, 0.6) is 34.5 Å². The zero-order valence-corrected chi connectivity index (χ0v) is 54.1. The first-order chi connectivity index (χ1) is 41.5. The lowest BCUT2D eigenvalue weighted by atomic mass is 10.0. The van der Waals surface area contributed by atoms with E-state index in [1.165, 1.54) is 193 Å². The maximum Gasteiger partial charge on any atom is 0.203 e. The highest BCUT2D eigenvalue weighted by molar-refractivity contribution is 5.76. The van der Waals surface area contributed by atoms with Gasteiger partial charge in [0.05, 0.1) is 51.0 Å². The van der Waals surface area contributed by atoms with Crippen molar-refractivity contribution in [2.75, 3.05) is 39.6 Å². The minimum absolute atomic E-state index is 0.648. The molecule has 0 fully saturated rings. The summed E-state index contributed by atoms with van der Waals surface area (Å²) in [6.07, 6.45) is 47.5. The molecule has 0 atom stereocenters. The molecule has 8 nitrogen and oxygen atoms in total. The van der Waals surface area contributed by atoms with Crippen LogP contribution >= 0.6 is 0 Å². The normalized spacial score (nSPS) is 11.3. The van der Waals surface area contributed by atoms with Gasteiger partial charge in [-0.3, -0.25) is 9.97 Å². The molecule has 0 unspecified atom stereocenters. The monoisotopic (exact) mass is 1150 g/mol. The molecular formula is C76H116N2O6. The number of rotatable bonds is 52. The van der Waals surface area contributed by atoms with Crippen LogP contribution in [-0.2, 0) is 0 Å². The molecule has 0 N–H and O–H groups in total. The van der Waals surface area contributed by atoms with E-state index in [9.17, 15) is 0 Å². The van der Waals surface area contributed by atoms with E-state index in [1.54, 1.807) is 0 Å². The first-order valence-corrected chi connectivity index (χ1v) is 34.7. The fourth-order valence-corrected chi connectivity index (χ4v) is 10.9. The molecule has 2 aromatic heterocycles. The van der Waals surface area contributed by atoms with Crippen LogP contribution in [-0.4, -0.2) is 49.6 Å². The van der Waals surface area contributed by atoms with Gasteiger partial charge in [0.15, 0.2) is 23.0 Å². The minimum atomic E-state index is 0.648. The van der Waals surface area contributed by atoms with E-state index in [0.717, 1.165) is 118 Å². The summed E-state index contributed by atoms with van der Waals surface area (Å²) < 4.78 is 40.0. The molecule has 5 aromatic rings. The Balaban J connectivity index is 1.38. The topological polar surface area (TPSA) is 81.2 Å². The highest BCUT2D eigenvalue weighted by Crippen LogP contribution is 2.44. The van der Waals surface area contributed by atoms with Crippen LogP contribution in [0.15, 0.2) is 85.2 Å². The number of benzene rings is 3. The Bertz CT molecular complexity index is 2180. The van der Waals surface area contributed by atoms with Crippen LogP contribution in [0.1, 0.15) is 273 Å². The second-order valence-electron chi connectivity index (χ2n) is 23.7. The first-order valence-electron chi connectivity index (χ1n) is 34.7. The van der Waals surface area contributed by atoms with E-state index in [-0.39, 0.29) is 0 Å². The van der Waals surface area contributed by atoms with Gasteiger partial charge < -0.3 is 28.4 Å². The van der Waals surface area contributed by atoms with E-state index >= 15 is 0 Å². The molecule has 5 rings (SSSR count). The maximum atomic E-state index is 6.67. The Hall–Kier alpha value is -5.24. The van der Waals surface area contributed by atoms with Gasteiger partial charge in [0.1, 0.15) is 0 Å². The average Bonchev–Trinajstić information content (AvgIpc) is 2.47. The van der Waals surface area contributed by atoms with Gasteiger partial charge in [-0.25, -0.2) is 0 Å². The van der Waals surface area contributed by atoms with Crippen LogP contribution in [0.2, 0.25) is 0 Å². The third kappa shape index (κ3) is 27.4. The van der Waals surface area contributed by atoms with E-state index in [1.807, 2.05) is 12.4 Å². The zero-order chi connectivity index (χ0) is 59.3. The smallest absolute Gasteiger partial charge is 0.203 e. The lowest BCUT2D eigenvalue weighted by Crippen LogP contribution is -2.07. The van der Waals surface area contributed by atoms with Crippen molar-refractivity contribution in [1.82, 2.24) is 9.97 Å². The Labute approximate surface area is 512 Å². The summed E-state index contributed by atoms with van der Waals surface area (Å²) in [6, 6.07) is 25.7. The van der Waals surface area contributed by atoms with Crippen LogP contribution in [0.25, 0.3) is 44.8 Å². The third-order valence-electron chi connectivity index (χ3n) is 16.2. The van der Waals surface area contributed by atoms with Crippen molar-refractivity contribution in [2.24, 2.45) is 0 Å². The summed E-state index contributed by atoms with van der Waals surface area (Å²) in [4.78, 5) is 10.2. The highest BCUT2D eigenvalue weighted by Gasteiger charge is 2.20. The number of aromatic nitrogens is 2. The maximum absolute atomic E-state index is 6.67. The van der Waals surface area contributed by atoms with Crippen LogP contribution in [0, 0.1) is 0 Å². The fraction of sp³-hybridized carbons (Fsp3) is 0.632. The Morgan fingerprint density at radius 3 is 0.738 bits per heavy atom. The molecule has 0 aliphatic rings. The summed E-state index contributed by atoms with van der Waals surface area (Å²) in [5, 5.41) is 0. The minimum Gasteiger partial charge on any atom is -0.490 e. The number of pyridine rings is 2. The Morgan fingerprint density at radius 1 is 0.238 bits per heavy atom. The van der Waals surface area contributed by atoms with Crippen molar-refractivity contribution in [1.29, 1.82) is 0 Å². The molecule has 0 aliphatic carbocycles. The largest absolute Gasteiger partial charge is 0.490 e. The van der Waals surface area contributed by atoms with Crippen molar-refractivity contribution in [2.45, 2.75) is 273 Å². The van der Waals surface area contributed by atoms with E-state index in [2.05, 4.69) is 114 Å². The van der Waals surface area contributed by atoms with Crippen LogP contribution in [0.3, 0.4) is 0 Å². The number of unbranched alkanes of at least 4 members (excludes halogenated alkanes) is 30. The van der Waals surface area contributed by atoms with Gasteiger partial charge in [0, 0.05) is 34.6 Å². The summed E-state index contributed by atoms with van der Waals surface area (Å²) in [7, 11) is 0. The van der Waals surface area contributed by atoms with Gasteiger partial charge in [-0.1, -0.05) is 264 Å². The molecule has 0 saturated carbocycles. The molecule has 466 valence electrons. The van der Waals surface area contributed by atoms with Gasteiger partial charge in [0.2, 0.25) is 11.5 Å². The quantitative estimate of drug-likeness (QED) is 0.0356. The summed E-state index contributed by atoms with van der Waals surface area (Å²) >= 11 is 0. The Kier molecular flexibility index (Phi) is 37.4. The molecule has 0 bridgehead atoms. The molecule has 0 spiro atoms. The predicted molar refractivity (Wildman–Crippen MR) is 357 cm³/mol. The standard InChI is InChI=1S/C76H116N2O6/c1-7-13-19-25-31-37-50-79-71-57-67(58-72(80-51-38-32-26-20-14-8-2)75(71)83-54-41-35-29-23-17-11-5)65-46-48-69(77-61-65)63-44-43-45-64(56-63)70-49-47-66(62-78-70)68-59-73(81-52-39-33-27-21-15-9-3)76(84-55-42-36-30-24-18-12-6)74(60-68)82-53-40-34-28-22-16-10-4/h43-49,56-62H,7-42,50-55H2,1-6H3. The van der Waals surface area contributed by atoms with Gasteiger partial charge in [-0.2, -0.15) is 0 Å². The number of nitrogens with zero attached hydrogens (tertiary/aromatic N) is 2. The van der Waals surface area contributed by atoms with Gasteiger partial charge in [-0.05, 0) is 92.1 Å². The molecule has 0 saturated heterocycles. The molecule has 3 aromatic carbocycles. The first kappa shape index (κ1) is 69.5. The highest BCUT2D eigenvalue weighted by atomic mass is 16.5. The molecule has 2 heterocycles. The summed E-state index contributed by atoms with van der Waals surface area (Å²) in [5.41, 5.74) is 7.90. The second-order valence-corrected chi connectivity index (χ2v) is 23.7. The molecule has 0 radical (unpaired) electrons. The van der Waals surface area contributed by atoms with Gasteiger partial charge in [-0.15, -0.1) is 0 Å². The fourth-order valence-electron chi connectivity index (χ4n) is 10.9. The van der Waals surface area contributed by atoms with E-state index in [4.69, 9.17) is 38.4 Å². The van der Waals surface area contributed by atoms with Crippen molar-refractivity contribution in [3.8, 4) is 79.3 Å². The van der Waals surface area contributed by atoms with Gasteiger partial charge >= 0.3 is 0 Å². The predicted octanol–water partition coefficient (Wildman–Crippen LogP) is 23.6. The van der Waals surface area contributed by atoms with Crippen molar-refractivity contribution < 1.29 is 28.4 Å². The molecule has 8 heteroatoms. The zero-order valence-electron chi connectivity index (χ0n) is 54.1.